The van der Waals surface area contributed by atoms with Crippen LogP contribution in [0, 0.1) is 11.3 Å². The highest BCUT2D eigenvalue weighted by molar-refractivity contribution is 7.91. The molecule has 0 aromatic carbocycles. The number of aliphatic hydroxyl groups is 1. The fourth-order valence-corrected chi connectivity index (χ4v) is 4.99. The fraction of sp³-hybridized carbons (Fsp3) is 1.00. The van der Waals surface area contributed by atoms with Gasteiger partial charge in [-0.25, -0.2) is 8.42 Å². The Bertz CT molecular complexity index is 309. The van der Waals surface area contributed by atoms with Crippen LogP contribution in [-0.4, -0.2) is 31.6 Å². The van der Waals surface area contributed by atoms with E-state index in [2.05, 4.69) is 0 Å². The first kappa shape index (κ1) is 10.4. The highest BCUT2D eigenvalue weighted by Crippen LogP contribution is 2.60. The molecule has 14 heavy (non-hydrogen) atoms. The molecule has 2 atom stereocenters. The van der Waals surface area contributed by atoms with E-state index < -0.39 is 9.84 Å². The fourth-order valence-electron chi connectivity index (χ4n) is 2.89. The van der Waals surface area contributed by atoms with Gasteiger partial charge in [0.2, 0.25) is 0 Å². The molecule has 1 saturated heterocycles. The molecule has 0 amide bonds. The summed E-state index contributed by atoms with van der Waals surface area (Å²) in [6.45, 7) is 0.235. The van der Waals surface area contributed by atoms with E-state index in [-0.39, 0.29) is 12.0 Å². The summed E-state index contributed by atoms with van der Waals surface area (Å²) in [7, 11) is -2.75. The lowest BCUT2D eigenvalue weighted by atomic mass is 9.97. The standard InChI is InChI=1S/C10H18O3S/c11-5-1-3-9-7-10(9)4-2-6-14(12,13)8-10/h9,11H,1-8H2. The van der Waals surface area contributed by atoms with Crippen LogP contribution in [0.1, 0.15) is 32.1 Å². The smallest absolute Gasteiger partial charge is 0.150 e. The molecule has 82 valence electrons. The van der Waals surface area contributed by atoms with Gasteiger partial charge < -0.3 is 5.11 Å². The van der Waals surface area contributed by atoms with Gasteiger partial charge in [-0.3, -0.25) is 0 Å². The molecule has 1 aliphatic carbocycles. The molecule has 0 radical (unpaired) electrons. The van der Waals surface area contributed by atoms with Gasteiger partial charge in [0.25, 0.3) is 0 Å². The van der Waals surface area contributed by atoms with Gasteiger partial charge in [0.1, 0.15) is 0 Å². The Morgan fingerprint density at radius 3 is 2.86 bits per heavy atom. The highest BCUT2D eigenvalue weighted by Gasteiger charge is 2.56. The summed E-state index contributed by atoms with van der Waals surface area (Å²) in [6, 6.07) is 0. The minimum atomic E-state index is -2.75. The summed E-state index contributed by atoms with van der Waals surface area (Å²) in [4.78, 5) is 0. The van der Waals surface area contributed by atoms with E-state index in [0.717, 1.165) is 32.1 Å². The van der Waals surface area contributed by atoms with E-state index in [1.807, 2.05) is 0 Å². The second-order valence-corrected chi connectivity index (χ2v) is 7.01. The molecule has 1 aliphatic heterocycles. The van der Waals surface area contributed by atoms with E-state index in [0.29, 0.717) is 17.4 Å². The molecule has 1 spiro atoms. The average molecular weight is 218 g/mol. The normalized spacial score (nSPS) is 39.9. The molecule has 3 nitrogen and oxygen atoms in total. The van der Waals surface area contributed by atoms with Crippen molar-refractivity contribution in [3.63, 3.8) is 0 Å². The molecular weight excluding hydrogens is 200 g/mol. The summed E-state index contributed by atoms with van der Waals surface area (Å²) < 4.78 is 23.0. The summed E-state index contributed by atoms with van der Waals surface area (Å²) in [5.74, 6) is 1.38. The molecule has 1 N–H and O–H groups in total. The van der Waals surface area contributed by atoms with Crippen LogP contribution >= 0.6 is 0 Å². The second-order valence-electron chi connectivity index (χ2n) is 4.82. The molecule has 2 unspecified atom stereocenters. The summed E-state index contributed by atoms with van der Waals surface area (Å²) in [5.41, 5.74) is 0.131. The molecule has 1 saturated carbocycles. The van der Waals surface area contributed by atoms with E-state index in [1.165, 1.54) is 0 Å². The molecule has 0 aromatic heterocycles. The Labute approximate surface area is 85.4 Å². The maximum Gasteiger partial charge on any atom is 0.150 e. The number of aliphatic hydroxyl groups excluding tert-OH is 1. The van der Waals surface area contributed by atoms with Gasteiger partial charge in [-0.2, -0.15) is 0 Å². The maximum atomic E-state index is 11.5. The zero-order chi connectivity index (χ0) is 10.2. The molecule has 2 aliphatic rings. The molecule has 4 heteroatoms. The molecule has 2 fully saturated rings. The SMILES string of the molecule is O=S1(=O)CCCC2(CC2CCCO)C1. The van der Waals surface area contributed by atoms with Gasteiger partial charge in [-0.05, 0) is 43.4 Å². The van der Waals surface area contributed by atoms with Crippen molar-refractivity contribution in [3.05, 3.63) is 0 Å². The van der Waals surface area contributed by atoms with Gasteiger partial charge in [0.05, 0.1) is 11.5 Å². The number of hydrogen-bond acceptors (Lipinski definition) is 3. The van der Waals surface area contributed by atoms with Gasteiger partial charge in [0.15, 0.2) is 9.84 Å². The van der Waals surface area contributed by atoms with E-state index in [4.69, 9.17) is 5.11 Å². The van der Waals surface area contributed by atoms with Crippen LogP contribution < -0.4 is 0 Å². The van der Waals surface area contributed by atoms with Crippen LogP contribution in [0.2, 0.25) is 0 Å². The molecule has 0 bridgehead atoms. The molecular formula is C10H18O3S. The van der Waals surface area contributed by atoms with E-state index in [9.17, 15) is 8.42 Å². The molecule has 0 aromatic rings. The number of hydrogen-bond donors (Lipinski definition) is 1. The van der Waals surface area contributed by atoms with Crippen molar-refractivity contribution in [2.24, 2.45) is 11.3 Å². The third-order valence-corrected chi connectivity index (χ3v) is 5.63. The summed E-state index contributed by atoms with van der Waals surface area (Å²) in [5, 5.41) is 8.71. The van der Waals surface area contributed by atoms with Gasteiger partial charge in [-0.1, -0.05) is 0 Å². The summed E-state index contributed by atoms with van der Waals surface area (Å²) in [6.07, 6.45) is 4.84. The predicted molar refractivity (Wildman–Crippen MR) is 54.7 cm³/mol. The van der Waals surface area contributed by atoms with Gasteiger partial charge >= 0.3 is 0 Å². The van der Waals surface area contributed by atoms with Gasteiger partial charge in [-0.15, -0.1) is 0 Å². The number of sulfone groups is 1. The highest BCUT2D eigenvalue weighted by atomic mass is 32.2. The minimum Gasteiger partial charge on any atom is -0.396 e. The first-order chi connectivity index (χ1) is 6.58. The molecule has 1 heterocycles. The third-order valence-electron chi connectivity index (χ3n) is 3.71. The lowest BCUT2D eigenvalue weighted by Gasteiger charge is -2.22. The number of rotatable bonds is 3. The Morgan fingerprint density at radius 1 is 1.43 bits per heavy atom. The van der Waals surface area contributed by atoms with Crippen LogP contribution in [0.15, 0.2) is 0 Å². The van der Waals surface area contributed by atoms with Crippen LogP contribution in [0.25, 0.3) is 0 Å². The van der Waals surface area contributed by atoms with Crippen molar-refractivity contribution in [2.45, 2.75) is 32.1 Å². The van der Waals surface area contributed by atoms with Crippen LogP contribution in [0.5, 0.6) is 0 Å². The van der Waals surface area contributed by atoms with Crippen molar-refractivity contribution in [1.82, 2.24) is 0 Å². The third kappa shape index (κ3) is 1.96. The van der Waals surface area contributed by atoms with Crippen LogP contribution in [-0.2, 0) is 9.84 Å². The minimum absolute atomic E-state index is 0.131. The van der Waals surface area contributed by atoms with E-state index >= 15 is 0 Å². The maximum absolute atomic E-state index is 11.5. The largest absolute Gasteiger partial charge is 0.396 e. The molecule has 2 rings (SSSR count). The van der Waals surface area contributed by atoms with Crippen molar-refractivity contribution >= 4 is 9.84 Å². The zero-order valence-corrected chi connectivity index (χ0v) is 9.22. The Balaban J connectivity index is 1.93. The Kier molecular flexibility index (Phi) is 2.60. The van der Waals surface area contributed by atoms with Gasteiger partial charge in [0, 0.05) is 6.61 Å². The van der Waals surface area contributed by atoms with Crippen LogP contribution in [0.4, 0.5) is 0 Å². The first-order valence-electron chi connectivity index (χ1n) is 5.39. The topological polar surface area (TPSA) is 54.4 Å². The second kappa shape index (κ2) is 3.49. The van der Waals surface area contributed by atoms with E-state index in [1.54, 1.807) is 0 Å². The van der Waals surface area contributed by atoms with Crippen LogP contribution in [0.3, 0.4) is 0 Å². The Morgan fingerprint density at radius 2 is 2.21 bits per heavy atom. The monoisotopic (exact) mass is 218 g/mol. The lowest BCUT2D eigenvalue weighted by Crippen LogP contribution is -2.27. The van der Waals surface area contributed by atoms with Crippen molar-refractivity contribution in [2.75, 3.05) is 18.1 Å². The quantitative estimate of drug-likeness (QED) is 0.768. The first-order valence-corrected chi connectivity index (χ1v) is 7.21. The van der Waals surface area contributed by atoms with Crippen molar-refractivity contribution in [3.8, 4) is 0 Å². The summed E-state index contributed by atoms with van der Waals surface area (Å²) >= 11 is 0. The van der Waals surface area contributed by atoms with Crippen molar-refractivity contribution < 1.29 is 13.5 Å². The van der Waals surface area contributed by atoms with Crippen molar-refractivity contribution in [1.29, 1.82) is 0 Å². The lowest BCUT2D eigenvalue weighted by molar-refractivity contribution is 0.275. The predicted octanol–water partition coefficient (Wildman–Crippen LogP) is 0.974. The average Bonchev–Trinajstić information content (AvgIpc) is 2.72. The Hall–Kier alpha value is -0.0900. The zero-order valence-electron chi connectivity index (χ0n) is 8.41.